The Labute approximate surface area is 126 Å². The molecule has 21 heavy (non-hydrogen) atoms. The summed E-state index contributed by atoms with van der Waals surface area (Å²) < 4.78 is 5.55. The van der Waals surface area contributed by atoms with Crippen LogP contribution in [-0.2, 0) is 4.79 Å². The number of nitrogens with two attached hydrogens (primary N) is 1. The van der Waals surface area contributed by atoms with E-state index in [9.17, 15) is 9.90 Å². The van der Waals surface area contributed by atoms with Crippen molar-refractivity contribution in [1.82, 2.24) is 4.90 Å². The van der Waals surface area contributed by atoms with Gasteiger partial charge in [-0.25, -0.2) is 0 Å². The summed E-state index contributed by atoms with van der Waals surface area (Å²) in [6.07, 6.45) is -0.690. The van der Waals surface area contributed by atoms with Crippen LogP contribution in [-0.4, -0.2) is 47.3 Å². The SMILES string of the molecule is Cc1ccc(OCC(O)CN(CC(N)=O)C(C)(C)C)cc1. The lowest BCUT2D eigenvalue weighted by Crippen LogP contribution is -2.50. The summed E-state index contributed by atoms with van der Waals surface area (Å²) in [5, 5.41) is 10.1. The van der Waals surface area contributed by atoms with Gasteiger partial charge in [0.25, 0.3) is 0 Å². The first kappa shape index (κ1) is 17.5. The highest BCUT2D eigenvalue weighted by molar-refractivity contribution is 5.76. The van der Waals surface area contributed by atoms with Crippen LogP contribution >= 0.6 is 0 Å². The van der Waals surface area contributed by atoms with Gasteiger partial charge in [-0.3, -0.25) is 9.69 Å². The van der Waals surface area contributed by atoms with Crippen molar-refractivity contribution in [3.05, 3.63) is 29.8 Å². The van der Waals surface area contributed by atoms with Gasteiger partial charge < -0.3 is 15.6 Å². The third-order valence-corrected chi connectivity index (χ3v) is 3.19. The summed E-state index contributed by atoms with van der Waals surface area (Å²) in [7, 11) is 0. The normalized spacial score (nSPS) is 13.2. The molecule has 0 aliphatic rings. The van der Waals surface area contributed by atoms with Crippen LogP contribution in [0.5, 0.6) is 5.75 Å². The maximum Gasteiger partial charge on any atom is 0.231 e. The van der Waals surface area contributed by atoms with Gasteiger partial charge in [0.1, 0.15) is 18.5 Å². The molecule has 0 aliphatic heterocycles. The fourth-order valence-corrected chi connectivity index (χ4v) is 1.90. The summed E-state index contributed by atoms with van der Waals surface area (Å²) in [6, 6.07) is 7.65. The number of β-amino-alcohol motifs (C(OH)–C–C–N with tert-alkyl or cyclic N) is 1. The van der Waals surface area contributed by atoms with Crippen LogP contribution < -0.4 is 10.5 Å². The van der Waals surface area contributed by atoms with E-state index < -0.39 is 12.0 Å². The Morgan fingerprint density at radius 2 is 1.90 bits per heavy atom. The Hall–Kier alpha value is -1.59. The predicted octanol–water partition coefficient (Wildman–Crippen LogP) is 1.32. The quantitative estimate of drug-likeness (QED) is 0.795. The van der Waals surface area contributed by atoms with Crippen LogP contribution in [0.2, 0.25) is 0 Å². The molecular weight excluding hydrogens is 268 g/mol. The fourth-order valence-electron chi connectivity index (χ4n) is 1.90. The molecule has 118 valence electrons. The zero-order valence-electron chi connectivity index (χ0n) is 13.3. The summed E-state index contributed by atoms with van der Waals surface area (Å²) in [4.78, 5) is 13.0. The van der Waals surface area contributed by atoms with E-state index in [1.807, 2.05) is 56.9 Å². The highest BCUT2D eigenvalue weighted by Gasteiger charge is 2.25. The van der Waals surface area contributed by atoms with Gasteiger partial charge in [0.05, 0.1) is 6.54 Å². The van der Waals surface area contributed by atoms with Gasteiger partial charge in [-0.15, -0.1) is 0 Å². The number of rotatable bonds is 7. The minimum absolute atomic E-state index is 0.116. The van der Waals surface area contributed by atoms with Gasteiger partial charge in [-0.2, -0.15) is 0 Å². The number of hydrogen-bond acceptors (Lipinski definition) is 4. The van der Waals surface area contributed by atoms with Crippen LogP contribution in [0.3, 0.4) is 0 Å². The Balaban J connectivity index is 2.51. The number of ether oxygens (including phenoxy) is 1. The van der Waals surface area contributed by atoms with Crippen molar-refractivity contribution >= 4 is 5.91 Å². The van der Waals surface area contributed by atoms with Gasteiger partial charge in [-0.1, -0.05) is 17.7 Å². The highest BCUT2D eigenvalue weighted by atomic mass is 16.5. The van der Waals surface area contributed by atoms with Crippen molar-refractivity contribution in [2.24, 2.45) is 5.73 Å². The molecule has 0 saturated heterocycles. The summed E-state index contributed by atoms with van der Waals surface area (Å²) in [5.41, 5.74) is 6.16. The molecule has 5 heteroatoms. The molecule has 0 heterocycles. The molecule has 3 N–H and O–H groups in total. The van der Waals surface area contributed by atoms with Crippen molar-refractivity contribution in [1.29, 1.82) is 0 Å². The van der Waals surface area contributed by atoms with Gasteiger partial charge in [0, 0.05) is 12.1 Å². The van der Waals surface area contributed by atoms with E-state index in [2.05, 4.69) is 0 Å². The molecule has 1 aromatic rings. The third kappa shape index (κ3) is 6.60. The standard InChI is InChI=1S/C16H26N2O3/c1-12-5-7-14(8-6-12)21-11-13(19)9-18(10-15(17)20)16(2,3)4/h5-8,13,19H,9-11H2,1-4H3,(H2,17,20). The number of nitrogens with zero attached hydrogens (tertiary/aromatic N) is 1. The Morgan fingerprint density at radius 1 is 1.33 bits per heavy atom. The van der Waals surface area contributed by atoms with Crippen molar-refractivity contribution in [3.8, 4) is 5.75 Å². The molecular formula is C16H26N2O3. The number of carbonyl (C=O) groups is 1. The summed E-state index contributed by atoms with van der Waals surface area (Å²) in [6.45, 7) is 8.55. The number of aliphatic hydroxyl groups is 1. The van der Waals surface area contributed by atoms with E-state index in [1.54, 1.807) is 0 Å². The Morgan fingerprint density at radius 3 is 2.38 bits per heavy atom. The molecule has 1 unspecified atom stereocenters. The summed E-state index contributed by atoms with van der Waals surface area (Å²) in [5.74, 6) is 0.313. The number of amides is 1. The molecule has 1 aromatic carbocycles. The smallest absolute Gasteiger partial charge is 0.231 e. The molecule has 1 rings (SSSR count). The monoisotopic (exact) mass is 294 g/mol. The first-order valence-electron chi connectivity index (χ1n) is 7.09. The van der Waals surface area contributed by atoms with Gasteiger partial charge in [0.2, 0.25) is 5.91 Å². The van der Waals surface area contributed by atoms with Crippen molar-refractivity contribution in [2.75, 3.05) is 19.7 Å². The number of primary amides is 1. The Kier molecular flexibility index (Phi) is 6.18. The zero-order chi connectivity index (χ0) is 16.0. The molecule has 0 aromatic heterocycles. The van der Waals surface area contributed by atoms with E-state index in [0.29, 0.717) is 6.54 Å². The van der Waals surface area contributed by atoms with E-state index >= 15 is 0 Å². The van der Waals surface area contributed by atoms with Crippen molar-refractivity contribution < 1.29 is 14.6 Å². The van der Waals surface area contributed by atoms with E-state index in [1.165, 1.54) is 0 Å². The van der Waals surface area contributed by atoms with E-state index in [-0.39, 0.29) is 18.7 Å². The molecule has 0 spiro atoms. The highest BCUT2D eigenvalue weighted by Crippen LogP contribution is 2.15. The van der Waals surface area contributed by atoms with Crippen molar-refractivity contribution in [2.45, 2.75) is 39.3 Å². The second-order valence-corrected chi connectivity index (χ2v) is 6.30. The maximum absolute atomic E-state index is 11.1. The molecule has 5 nitrogen and oxygen atoms in total. The number of aliphatic hydroxyl groups excluding tert-OH is 1. The minimum Gasteiger partial charge on any atom is -0.491 e. The number of carbonyl (C=O) groups excluding carboxylic acids is 1. The van der Waals surface area contributed by atoms with Crippen LogP contribution in [0.15, 0.2) is 24.3 Å². The number of benzene rings is 1. The first-order chi connectivity index (χ1) is 9.68. The largest absolute Gasteiger partial charge is 0.491 e. The summed E-state index contributed by atoms with van der Waals surface area (Å²) >= 11 is 0. The second kappa shape index (κ2) is 7.43. The molecule has 0 aliphatic carbocycles. The molecule has 1 atom stereocenters. The fraction of sp³-hybridized carbons (Fsp3) is 0.562. The molecule has 0 fully saturated rings. The predicted molar refractivity (Wildman–Crippen MR) is 83.2 cm³/mol. The first-order valence-corrected chi connectivity index (χ1v) is 7.09. The lowest BCUT2D eigenvalue weighted by atomic mass is 10.1. The average Bonchev–Trinajstić information content (AvgIpc) is 2.36. The van der Waals surface area contributed by atoms with E-state index in [0.717, 1.165) is 11.3 Å². The molecule has 1 amide bonds. The van der Waals surface area contributed by atoms with Gasteiger partial charge >= 0.3 is 0 Å². The zero-order valence-corrected chi connectivity index (χ0v) is 13.3. The lowest BCUT2D eigenvalue weighted by Gasteiger charge is -2.35. The molecule has 0 radical (unpaired) electrons. The van der Waals surface area contributed by atoms with Gasteiger partial charge in [0.15, 0.2) is 0 Å². The lowest BCUT2D eigenvalue weighted by molar-refractivity contribution is -0.121. The van der Waals surface area contributed by atoms with Gasteiger partial charge in [-0.05, 0) is 39.8 Å². The number of aryl methyl sites for hydroxylation is 1. The topological polar surface area (TPSA) is 75.8 Å². The number of hydrogen-bond donors (Lipinski definition) is 2. The van der Waals surface area contributed by atoms with Crippen LogP contribution in [0.1, 0.15) is 26.3 Å². The Bertz CT molecular complexity index is 452. The minimum atomic E-state index is -0.690. The second-order valence-electron chi connectivity index (χ2n) is 6.30. The van der Waals surface area contributed by atoms with Crippen LogP contribution in [0.25, 0.3) is 0 Å². The molecule has 0 bridgehead atoms. The van der Waals surface area contributed by atoms with Crippen molar-refractivity contribution in [3.63, 3.8) is 0 Å². The third-order valence-electron chi connectivity index (χ3n) is 3.19. The van der Waals surface area contributed by atoms with Crippen LogP contribution in [0, 0.1) is 6.92 Å². The molecule has 0 saturated carbocycles. The maximum atomic E-state index is 11.1. The average molecular weight is 294 g/mol. The van der Waals surface area contributed by atoms with E-state index in [4.69, 9.17) is 10.5 Å². The van der Waals surface area contributed by atoms with Crippen LogP contribution in [0.4, 0.5) is 0 Å².